The van der Waals surface area contributed by atoms with Gasteiger partial charge < -0.3 is 15.4 Å². The summed E-state index contributed by atoms with van der Waals surface area (Å²) in [5.74, 6) is 0.781. The third kappa shape index (κ3) is 4.10. The van der Waals surface area contributed by atoms with E-state index in [1.54, 1.807) is 24.4 Å². The van der Waals surface area contributed by atoms with Gasteiger partial charge in [-0.2, -0.15) is 5.26 Å². The molecule has 28 heavy (non-hydrogen) atoms. The van der Waals surface area contributed by atoms with Gasteiger partial charge >= 0.3 is 0 Å². The summed E-state index contributed by atoms with van der Waals surface area (Å²) in [6.07, 6.45) is 3.67. The Morgan fingerprint density at radius 3 is 2.93 bits per heavy atom. The lowest BCUT2D eigenvalue weighted by atomic mass is 10.1. The second-order valence-corrected chi connectivity index (χ2v) is 7.04. The molecule has 2 aliphatic rings. The molecule has 0 spiro atoms. The Hall–Kier alpha value is -3.05. The Bertz CT molecular complexity index is 925. The monoisotopic (exact) mass is 381 g/mol. The minimum Gasteiger partial charge on any atom is -0.484 e. The molecule has 2 aromatic heterocycles. The van der Waals surface area contributed by atoms with Crippen LogP contribution in [-0.4, -0.2) is 41.2 Å². The Balaban J connectivity index is 1.54. The highest BCUT2D eigenvalue weighted by Gasteiger charge is 2.30. The number of hydrogen-bond donors (Lipinski definition) is 2. The molecule has 0 bridgehead atoms. The van der Waals surface area contributed by atoms with Crippen molar-refractivity contribution in [2.24, 2.45) is 5.92 Å². The molecule has 7 nitrogen and oxygen atoms in total. The van der Waals surface area contributed by atoms with Gasteiger partial charge in [0.2, 0.25) is 5.91 Å². The van der Waals surface area contributed by atoms with Crippen LogP contribution in [0.5, 0.6) is 5.75 Å². The summed E-state index contributed by atoms with van der Waals surface area (Å²) in [4.78, 5) is 20.4. The molecule has 0 unspecified atom stereocenters. The number of carbonyl (C=O) groups excluding carboxylic acids is 1. The zero-order chi connectivity index (χ0) is 19.5. The van der Waals surface area contributed by atoms with Crippen molar-refractivity contribution in [2.45, 2.75) is 31.5 Å². The van der Waals surface area contributed by atoms with Crippen LogP contribution in [0.1, 0.15) is 24.8 Å². The summed E-state index contributed by atoms with van der Waals surface area (Å²) in [5, 5.41) is 15.3. The van der Waals surface area contributed by atoms with Gasteiger partial charge in [0.15, 0.2) is 5.75 Å². The molecule has 0 aromatic carbocycles. The van der Waals surface area contributed by atoms with Gasteiger partial charge in [0.1, 0.15) is 24.2 Å². The highest BCUT2D eigenvalue weighted by atomic mass is 19.1. The first-order chi connectivity index (χ1) is 13.6. The van der Waals surface area contributed by atoms with Gasteiger partial charge in [0, 0.05) is 24.2 Å². The number of aromatic nitrogens is 2. The van der Waals surface area contributed by atoms with Crippen LogP contribution < -0.4 is 15.4 Å². The fourth-order valence-corrected chi connectivity index (χ4v) is 3.11. The van der Waals surface area contributed by atoms with Gasteiger partial charge in [0.25, 0.3) is 0 Å². The quantitative estimate of drug-likeness (QED) is 0.825. The molecule has 1 saturated heterocycles. The van der Waals surface area contributed by atoms with Crippen LogP contribution in [0.4, 0.5) is 10.2 Å². The van der Waals surface area contributed by atoms with E-state index in [0.717, 1.165) is 18.4 Å². The lowest BCUT2D eigenvalue weighted by molar-refractivity contribution is -0.117. The number of nitriles is 1. The van der Waals surface area contributed by atoms with E-state index in [1.807, 2.05) is 0 Å². The van der Waals surface area contributed by atoms with Crippen molar-refractivity contribution in [3.8, 4) is 23.1 Å². The van der Waals surface area contributed by atoms with E-state index >= 15 is 0 Å². The number of piperidine rings is 1. The van der Waals surface area contributed by atoms with Gasteiger partial charge in [-0.3, -0.25) is 9.78 Å². The Labute approximate surface area is 161 Å². The molecule has 1 aliphatic heterocycles. The SMILES string of the molecule is N#Cc1cc(-c2ccnc(NC(=O)C3CC3)c2)ncc1O[C@H]1CCNC[C@H]1F. The predicted octanol–water partition coefficient (Wildman–Crippen LogP) is 2.44. The second kappa shape index (κ2) is 7.90. The predicted molar refractivity (Wildman–Crippen MR) is 100 cm³/mol. The van der Waals surface area contributed by atoms with Crippen molar-refractivity contribution in [3.05, 3.63) is 36.2 Å². The second-order valence-electron chi connectivity index (χ2n) is 7.04. The molecule has 4 rings (SSSR count). The number of nitrogens with zero attached hydrogens (tertiary/aromatic N) is 3. The van der Waals surface area contributed by atoms with Crippen molar-refractivity contribution < 1.29 is 13.9 Å². The third-order valence-corrected chi connectivity index (χ3v) is 4.87. The van der Waals surface area contributed by atoms with E-state index < -0.39 is 12.3 Å². The zero-order valence-corrected chi connectivity index (χ0v) is 15.2. The molecule has 0 radical (unpaired) electrons. The number of hydrogen-bond acceptors (Lipinski definition) is 6. The number of rotatable bonds is 5. The van der Waals surface area contributed by atoms with Crippen molar-refractivity contribution in [2.75, 3.05) is 18.4 Å². The lowest BCUT2D eigenvalue weighted by Crippen LogP contribution is -2.44. The first-order valence-corrected chi connectivity index (χ1v) is 9.33. The summed E-state index contributed by atoms with van der Waals surface area (Å²) in [7, 11) is 0. The smallest absolute Gasteiger partial charge is 0.228 e. The molecule has 2 aromatic rings. The topological polar surface area (TPSA) is 99.9 Å². The average Bonchev–Trinajstić information content (AvgIpc) is 3.56. The normalized spacial score (nSPS) is 21.6. The highest BCUT2D eigenvalue weighted by molar-refractivity contribution is 5.93. The molecule has 1 amide bonds. The molecule has 144 valence electrons. The lowest BCUT2D eigenvalue weighted by Gasteiger charge is -2.27. The first-order valence-electron chi connectivity index (χ1n) is 9.33. The number of halogens is 1. The Kier molecular flexibility index (Phi) is 5.17. The van der Waals surface area contributed by atoms with Crippen LogP contribution in [0.2, 0.25) is 0 Å². The van der Waals surface area contributed by atoms with Crippen molar-refractivity contribution in [1.82, 2.24) is 15.3 Å². The maximum atomic E-state index is 14.0. The summed E-state index contributed by atoms with van der Waals surface area (Å²) >= 11 is 0. The number of alkyl halides is 1. The number of nitrogens with one attached hydrogen (secondary N) is 2. The largest absolute Gasteiger partial charge is 0.484 e. The van der Waals surface area contributed by atoms with Crippen LogP contribution in [0.15, 0.2) is 30.6 Å². The van der Waals surface area contributed by atoms with E-state index in [9.17, 15) is 14.4 Å². The van der Waals surface area contributed by atoms with Gasteiger partial charge in [-0.25, -0.2) is 9.37 Å². The molecule has 2 N–H and O–H groups in total. The fraction of sp³-hybridized carbons (Fsp3) is 0.400. The van der Waals surface area contributed by atoms with E-state index in [2.05, 4.69) is 26.7 Å². The highest BCUT2D eigenvalue weighted by Crippen LogP contribution is 2.31. The number of amides is 1. The molecule has 3 heterocycles. The Morgan fingerprint density at radius 2 is 2.18 bits per heavy atom. The minimum absolute atomic E-state index is 0.0261. The third-order valence-electron chi connectivity index (χ3n) is 4.87. The molecular formula is C20H20FN5O2. The number of ether oxygens (including phenoxy) is 1. The summed E-state index contributed by atoms with van der Waals surface area (Å²) in [5.41, 5.74) is 1.56. The van der Waals surface area contributed by atoms with Crippen LogP contribution in [-0.2, 0) is 4.79 Å². The van der Waals surface area contributed by atoms with Gasteiger partial charge in [0.05, 0.1) is 17.5 Å². The standard InChI is InChI=1S/C20H20FN5O2/c21-15-10-23-5-4-17(15)28-18-11-25-16(7-14(18)9-22)13-3-6-24-19(8-13)26-20(27)12-1-2-12/h3,6-8,11-12,15,17,23H,1-2,4-5,10H2,(H,24,26,27)/t15-,17+/m1/s1. The molecule has 2 fully saturated rings. The maximum absolute atomic E-state index is 14.0. The van der Waals surface area contributed by atoms with Crippen LogP contribution in [0.25, 0.3) is 11.3 Å². The van der Waals surface area contributed by atoms with Crippen LogP contribution >= 0.6 is 0 Å². The van der Waals surface area contributed by atoms with Gasteiger partial charge in [-0.15, -0.1) is 0 Å². The van der Waals surface area contributed by atoms with E-state index in [0.29, 0.717) is 24.5 Å². The number of anilines is 1. The van der Waals surface area contributed by atoms with Gasteiger partial charge in [-0.1, -0.05) is 0 Å². The van der Waals surface area contributed by atoms with Crippen LogP contribution in [0, 0.1) is 17.2 Å². The first kappa shape index (κ1) is 18.3. The minimum atomic E-state index is -1.13. The molecule has 8 heteroatoms. The summed E-state index contributed by atoms with van der Waals surface area (Å²) in [6.45, 7) is 0.912. The molecule has 2 atom stereocenters. The molecular weight excluding hydrogens is 361 g/mol. The maximum Gasteiger partial charge on any atom is 0.228 e. The van der Waals surface area contributed by atoms with E-state index in [1.165, 1.54) is 6.20 Å². The number of pyridine rings is 2. The van der Waals surface area contributed by atoms with E-state index in [4.69, 9.17) is 4.74 Å². The average molecular weight is 381 g/mol. The molecule has 1 saturated carbocycles. The van der Waals surface area contributed by atoms with Crippen LogP contribution in [0.3, 0.4) is 0 Å². The number of carbonyl (C=O) groups is 1. The molecule has 1 aliphatic carbocycles. The fourth-order valence-electron chi connectivity index (χ4n) is 3.11. The van der Waals surface area contributed by atoms with Crippen molar-refractivity contribution in [1.29, 1.82) is 5.26 Å². The summed E-state index contributed by atoms with van der Waals surface area (Å²) in [6, 6.07) is 7.16. The van der Waals surface area contributed by atoms with E-state index in [-0.39, 0.29) is 29.7 Å². The summed E-state index contributed by atoms with van der Waals surface area (Å²) < 4.78 is 19.7. The van der Waals surface area contributed by atoms with Gasteiger partial charge in [-0.05, 0) is 44.0 Å². The Morgan fingerprint density at radius 1 is 1.32 bits per heavy atom. The van der Waals surface area contributed by atoms with Crippen molar-refractivity contribution in [3.63, 3.8) is 0 Å². The van der Waals surface area contributed by atoms with Crippen molar-refractivity contribution >= 4 is 11.7 Å². The zero-order valence-electron chi connectivity index (χ0n) is 15.2.